The average Bonchev–Trinajstić information content (AvgIpc) is 2.70. The van der Waals surface area contributed by atoms with Crippen molar-refractivity contribution in [1.29, 1.82) is 0 Å². The fourth-order valence-electron chi connectivity index (χ4n) is 3.57. The summed E-state index contributed by atoms with van der Waals surface area (Å²) in [6.07, 6.45) is 4.48. The Morgan fingerprint density at radius 2 is 1.64 bits per heavy atom. The Kier molecular flexibility index (Phi) is 6.62. The van der Waals surface area contributed by atoms with E-state index in [1.165, 1.54) is 32.1 Å². The van der Waals surface area contributed by atoms with Crippen molar-refractivity contribution in [2.75, 3.05) is 31.6 Å². The molecule has 1 aliphatic heterocycles. The van der Waals surface area contributed by atoms with Crippen LogP contribution in [0.4, 0.5) is 5.69 Å². The van der Waals surface area contributed by atoms with Crippen molar-refractivity contribution in [3.63, 3.8) is 0 Å². The molecule has 2 aromatic carbocycles. The van der Waals surface area contributed by atoms with Crippen LogP contribution in [0.2, 0.25) is 0 Å². The molecule has 0 bridgehead atoms. The molecule has 5 nitrogen and oxygen atoms in total. The minimum atomic E-state index is -3.62. The van der Waals surface area contributed by atoms with E-state index in [9.17, 15) is 8.42 Å². The van der Waals surface area contributed by atoms with E-state index in [0.717, 1.165) is 29.8 Å². The van der Waals surface area contributed by atoms with Crippen molar-refractivity contribution in [2.24, 2.45) is 0 Å². The number of ether oxygens (including phenoxy) is 1. The summed E-state index contributed by atoms with van der Waals surface area (Å²) >= 11 is 0. The summed E-state index contributed by atoms with van der Waals surface area (Å²) < 4.78 is 33.4. The Labute approximate surface area is 168 Å². The third-order valence-corrected chi connectivity index (χ3v) is 6.92. The molecule has 1 saturated heterocycles. The maximum absolute atomic E-state index is 12.7. The lowest BCUT2D eigenvalue weighted by Gasteiger charge is -2.28. The second-order valence-corrected chi connectivity index (χ2v) is 9.18. The third kappa shape index (κ3) is 4.86. The predicted molar refractivity (Wildman–Crippen MR) is 114 cm³/mol. The van der Waals surface area contributed by atoms with Crippen LogP contribution in [0.25, 0.3) is 0 Å². The fourth-order valence-corrected chi connectivity index (χ4v) is 4.83. The number of aryl methyl sites for hydroxylation is 2. The normalized spacial score (nSPS) is 14.9. The molecule has 0 unspecified atom stereocenters. The molecular weight excluding hydrogens is 372 g/mol. The summed E-state index contributed by atoms with van der Waals surface area (Å²) in [6.45, 7) is 6.43. The second-order valence-electron chi connectivity index (χ2n) is 7.45. The number of anilines is 1. The first-order chi connectivity index (χ1) is 13.4. The van der Waals surface area contributed by atoms with Crippen molar-refractivity contribution in [1.82, 2.24) is 4.72 Å². The van der Waals surface area contributed by atoms with E-state index >= 15 is 0 Å². The highest BCUT2D eigenvalue weighted by atomic mass is 32.2. The first kappa shape index (κ1) is 20.7. The molecule has 0 atom stereocenters. The number of piperidine rings is 1. The maximum Gasteiger partial charge on any atom is 0.244 e. The summed E-state index contributed by atoms with van der Waals surface area (Å²) in [5.74, 6) is 0.376. The number of nitrogens with zero attached hydrogens (tertiary/aromatic N) is 1. The topological polar surface area (TPSA) is 58.6 Å². The molecule has 0 aromatic heterocycles. The Morgan fingerprint density at radius 1 is 1.00 bits per heavy atom. The smallest absolute Gasteiger partial charge is 0.244 e. The standard InChI is InChI=1S/C22H30N2O3S/c1-17-15-21(27-3)22(16-18(17)2)28(25,26)23-12-11-19-7-9-20(10-8-19)24-13-5-4-6-14-24/h7-10,15-16,23H,4-6,11-14H2,1-3H3. The highest BCUT2D eigenvalue weighted by molar-refractivity contribution is 7.89. The van der Waals surface area contributed by atoms with Gasteiger partial charge >= 0.3 is 0 Å². The number of rotatable bonds is 7. The lowest BCUT2D eigenvalue weighted by Crippen LogP contribution is -2.29. The van der Waals surface area contributed by atoms with Crippen molar-refractivity contribution < 1.29 is 13.2 Å². The molecule has 0 radical (unpaired) electrons. The Bertz CT molecular complexity index is 902. The summed E-state index contributed by atoms with van der Waals surface area (Å²) in [5.41, 5.74) is 4.30. The average molecular weight is 403 g/mol. The van der Waals surface area contributed by atoms with Gasteiger partial charge in [0.15, 0.2) is 0 Å². The third-order valence-electron chi connectivity index (χ3n) is 5.43. The van der Waals surface area contributed by atoms with Crippen LogP contribution in [0.1, 0.15) is 36.0 Å². The zero-order chi connectivity index (χ0) is 20.1. The van der Waals surface area contributed by atoms with Gasteiger partial charge in [-0.05, 0) is 80.5 Å². The molecule has 1 N–H and O–H groups in total. The van der Waals surface area contributed by atoms with Gasteiger partial charge in [-0.2, -0.15) is 0 Å². The molecule has 1 heterocycles. The van der Waals surface area contributed by atoms with Crippen molar-refractivity contribution in [2.45, 2.75) is 44.4 Å². The largest absolute Gasteiger partial charge is 0.495 e. The van der Waals surface area contributed by atoms with E-state index < -0.39 is 10.0 Å². The van der Waals surface area contributed by atoms with Gasteiger partial charge in [0.1, 0.15) is 10.6 Å². The van der Waals surface area contributed by atoms with Crippen LogP contribution in [0.5, 0.6) is 5.75 Å². The van der Waals surface area contributed by atoms with Gasteiger partial charge in [-0.25, -0.2) is 13.1 Å². The summed E-state index contributed by atoms with van der Waals surface area (Å²) in [5, 5.41) is 0. The van der Waals surface area contributed by atoms with E-state index in [2.05, 4.69) is 33.9 Å². The molecule has 1 aliphatic rings. The number of benzene rings is 2. The minimum absolute atomic E-state index is 0.193. The lowest BCUT2D eigenvalue weighted by atomic mass is 10.1. The van der Waals surface area contributed by atoms with E-state index in [1.54, 1.807) is 12.1 Å². The first-order valence-corrected chi connectivity index (χ1v) is 11.4. The molecule has 152 valence electrons. The van der Waals surface area contributed by atoms with E-state index in [0.29, 0.717) is 18.7 Å². The number of hydrogen-bond donors (Lipinski definition) is 1. The van der Waals surface area contributed by atoms with Gasteiger partial charge in [0.25, 0.3) is 0 Å². The van der Waals surface area contributed by atoms with Crippen molar-refractivity contribution in [3.05, 3.63) is 53.1 Å². The van der Waals surface area contributed by atoms with Gasteiger partial charge < -0.3 is 9.64 Å². The number of nitrogens with one attached hydrogen (secondary N) is 1. The van der Waals surface area contributed by atoms with Gasteiger partial charge in [0.05, 0.1) is 7.11 Å². The summed E-state index contributed by atoms with van der Waals surface area (Å²) in [4.78, 5) is 2.61. The van der Waals surface area contributed by atoms with E-state index in [1.807, 2.05) is 13.8 Å². The quantitative estimate of drug-likeness (QED) is 0.765. The second kappa shape index (κ2) is 8.97. The van der Waals surface area contributed by atoms with Crippen LogP contribution in [0, 0.1) is 13.8 Å². The molecule has 6 heteroatoms. The summed E-state index contributed by atoms with van der Waals surface area (Å²) in [7, 11) is -2.13. The molecule has 0 aliphatic carbocycles. The van der Waals surface area contributed by atoms with Crippen LogP contribution in [-0.4, -0.2) is 35.2 Å². The maximum atomic E-state index is 12.7. The van der Waals surface area contributed by atoms with Gasteiger partial charge in [-0.1, -0.05) is 12.1 Å². The number of hydrogen-bond acceptors (Lipinski definition) is 4. The molecule has 0 saturated carbocycles. The zero-order valence-corrected chi connectivity index (χ0v) is 17.8. The molecule has 2 aromatic rings. The summed E-state index contributed by atoms with van der Waals surface area (Å²) in [6, 6.07) is 11.9. The van der Waals surface area contributed by atoms with Crippen molar-refractivity contribution >= 4 is 15.7 Å². The van der Waals surface area contributed by atoms with Gasteiger partial charge in [-0.3, -0.25) is 0 Å². The van der Waals surface area contributed by atoms with Gasteiger partial charge in [-0.15, -0.1) is 0 Å². The molecule has 3 rings (SSSR count). The number of sulfonamides is 1. The Morgan fingerprint density at radius 3 is 2.29 bits per heavy atom. The fraction of sp³-hybridized carbons (Fsp3) is 0.455. The highest BCUT2D eigenvalue weighted by Crippen LogP contribution is 2.27. The Balaban J connectivity index is 1.62. The van der Waals surface area contributed by atoms with Crippen LogP contribution < -0.4 is 14.4 Å². The lowest BCUT2D eigenvalue weighted by molar-refractivity contribution is 0.402. The molecule has 28 heavy (non-hydrogen) atoms. The SMILES string of the molecule is COc1cc(C)c(C)cc1S(=O)(=O)NCCc1ccc(N2CCCCC2)cc1. The molecular formula is C22H30N2O3S. The van der Waals surface area contributed by atoms with Gasteiger partial charge in [0, 0.05) is 25.3 Å². The van der Waals surface area contributed by atoms with Crippen LogP contribution in [0.15, 0.2) is 41.3 Å². The van der Waals surface area contributed by atoms with E-state index in [-0.39, 0.29) is 4.90 Å². The van der Waals surface area contributed by atoms with Crippen molar-refractivity contribution in [3.8, 4) is 5.75 Å². The highest BCUT2D eigenvalue weighted by Gasteiger charge is 2.20. The molecule has 0 spiro atoms. The number of methoxy groups -OCH3 is 1. The predicted octanol–water partition coefficient (Wildman–Crippen LogP) is 3.82. The van der Waals surface area contributed by atoms with Gasteiger partial charge in [0.2, 0.25) is 10.0 Å². The first-order valence-electron chi connectivity index (χ1n) is 9.89. The molecule has 0 amide bonds. The van der Waals surface area contributed by atoms with Crippen LogP contribution in [-0.2, 0) is 16.4 Å². The minimum Gasteiger partial charge on any atom is -0.495 e. The zero-order valence-electron chi connectivity index (χ0n) is 17.0. The molecule has 1 fully saturated rings. The van der Waals surface area contributed by atoms with Crippen LogP contribution in [0.3, 0.4) is 0 Å². The Hall–Kier alpha value is -2.05. The van der Waals surface area contributed by atoms with E-state index in [4.69, 9.17) is 4.74 Å². The monoisotopic (exact) mass is 402 g/mol. The van der Waals surface area contributed by atoms with Crippen LogP contribution >= 0.6 is 0 Å².